The van der Waals surface area contributed by atoms with Crippen molar-refractivity contribution in [2.75, 3.05) is 20.0 Å². The molecule has 1 rings (SSSR count). The summed E-state index contributed by atoms with van der Waals surface area (Å²) in [5, 5.41) is 0.436. The highest BCUT2D eigenvalue weighted by atomic mass is 32.2. The molecule has 0 spiro atoms. The van der Waals surface area contributed by atoms with Crippen molar-refractivity contribution < 1.29 is 13.6 Å². The molecule has 1 fully saturated rings. The predicted molar refractivity (Wildman–Crippen MR) is 93.0 cm³/mol. The highest BCUT2D eigenvalue weighted by Gasteiger charge is 2.34. The van der Waals surface area contributed by atoms with E-state index in [2.05, 4.69) is 20.0 Å². The average Bonchev–Trinajstić information content (AvgIpc) is 2.47. The number of Topliss-reactive ketones (excluding diaryl/α,β-unsaturated/α-hetero) is 1. The molecule has 1 aliphatic rings. The number of allylic oxidation sites excluding steroid dienone is 1. The fraction of sp³-hybridized carbons (Fsp3) is 0.812. The summed E-state index contributed by atoms with van der Waals surface area (Å²) in [6, 6.07) is 1.01. The number of carbonyl (C=O) groups excluding carboxylic acids is 1. The van der Waals surface area contributed by atoms with Crippen molar-refractivity contribution in [2.45, 2.75) is 51.0 Å². The maximum absolute atomic E-state index is 12.1. The normalized spacial score (nSPS) is 26.9. The molecular weight excluding hydrogens is 300 g/mol. The van der Waals surface area contributed by atoms with E-state index in [1.54, 1.807) is 14.2 Å². The van der Waals surface area contributed by atoms with Crippen LogP contribution in [0.5, 0.6) is 0 Å². The second-order valence-corrected chi connectivity index (χ2v) is 11.2. The van der Waals surface area contributed by atoms with Gasteiger partial charge in [0.1, 0.15) is 5.78 Å². The third-order valence-electron chi connectivity index (χ3n) is 4.70. The first-order valence-electron chi connectivity index (χ1n) is 7.73. The SMILES string of the molecule is C=C(C)C1CC(=O)C(C)C(SCCC[Si](C)(OC)OC)C1. The minimum absolute atomic E-state index is 0.180. The molecule has 3 atom stereocenters. The zero-order valence-electron chi connectivity index (χ0n) is 14.1. The number of carbonyl (C=O) groups is 1. The van der Waals surface area contributed by atoms with Crippen LogP contribution in [0.25, 0.3) is 0 Å². The summed E-state index contributed by atoms with van der Waals surface area (Å²) in [5.41, 5.74) is 1.15. The molecule has 0 amide bonds. The van der Waals surface area contributed by atoms with Gasteiger partial charge in [0.2, 0.25) is 0 Å². The molecule has 122 valence electrons. The molecular formula is C16H30O3SSi. The van der Waals surface area contributed by atoms with Crippen LogP contribution in [0, 0.1) is 11.8 Å². The van der Waals surface area contributed by atoms with Gasteiger partial charge in [-0.05, 0) is 44.0 Å². The minimum atomic E-state index is -1.94. The molecule has 0 aliphatic heterocycles. The van der Waals surface area contributed by atoms with Crippen LogP contribution in [-0.2, 0) is 13.6 Å². The van der Waals surface area contributed by atoms with Gasteiger partial charge in [-0.1, -0.05) is 19.1 Å². The second-order valence-electron chi connectivity index (χ2n) is 6.29. The topological polar surface area (TPSA) is 35.5 Å². The van der Waals surface area contributed by atoms with Gasteiger partial charge in [-0.2, -0.15) is 11.8 Å². The smallest absolute Gasteiger partial charge is 0.334 e. The lowest BCUT2D eigenvalue weighted by atomic mass is 9.79. The Morgan fingerprint density at radius 1 is 1.43 bits per heavy atom. The Kier molecular flexibility index (Phi) is 7.68. The lowest BCUT2D eigenvalue weighted by Crippen LogP contribution is -2.36. The van der Waals surface area contributed by atoms with Crippen LogP contribution in [-0.4, -0.2) is 39.6 Å². The van der Waals surface area contributed by atoms with Gasteiger partial charge in [0, 0.05) is 31.8 Å². The molecule has 0 heterocycles. The molecule has 0 saturated heterocycles. The van der Waals surface area contributed by atoms with Crippen LogP contribution >= 0.6 is 11.8 Å². The maximum Gasteiger partial charge on any atom is 0.334 e. The van der Waals surface area contributed by atoms with E-state index >= 15 is 0 Å². The first kappa shape index (κ1) is 18.9. The van der Waals surface area contributed by atoms with Crippen molar-refractivity contribution in [2.24, 2.45) is 11.8 Å². The number of hydrogen-bond acceptors (Lipinski definition) is 4. The maximum atomic E-state index is 12.1. The number of ketones is 1. The van der Waals surface area contributed by atoms with Gasteiger partial charge in [-0.15, -0.1) is 0 Å². The predicted octanol–water partition coefficient (Wildman–Crippen LogP) is 4.03. The van der Waals surface area contributed by atoms with E-state index in [4.69, 9.17) is 8.85 Å². The molecule has 3 unspecified atom stereocenters. The summed E-state index contributed by atoms with van der Waals surface area (Å²) in [5.74, 6) is 2.03. The summed E-state index contributed by atoms with van der Waals surface area (Å²) >= 11 is 1.94. The van der Waals surface area contributed by atoms with Gasteiger partial charge < -0.3 is 8.85 Å². The van der Waals surface area contributed by atoms with E-state index in [-0.39, 0.29) is 5.92 Å². The summed E-state index contributed by atoms with van der Waals surface area (Å²) in [4.78, 5) is 12.1. The highest BCUT2D eigenvalue weighted by Crippen LogP contribution is 2.37. The lowest BCUT2D eigenvalue weighted by Gasteiger charge is -2.33. The molecule has 1 aliphatic carbocycles. The van der Waals surface area contributed by atoms with Crippen molar-refractivity contribution in [1.29, 1.82) is 0 Å². The molecule has 0 bridgehead atoms. The fourth-order valence-corrected chi connectivity index (χ4v) is 5.78. The van der Waals surface area contributed by atoms with Crippen LogP contribution in [0.3, 0.4) is 0 Å². The molecule has 0 aromatic heterocycles. The van der Waals surface area contributed by atoms with Crippen LogP contribution in [0.2, 0.25) is 12.6 Å². The highest BCUT2D eigenvalue weighted by molar-refractivity contribution is 7.99. The Bertz CT molecular complexity index is 369. The van der Waals surface area contributed by atoms with Crippen molar-refractivity contribution in [3.05, 3.63) is 12.2 Å². The number of hydrogen-bond donors (Lipinski definition) is 0. The Hall–Kier alpha value is -0.103. The van der Waals surface area contributed by atoms with Gasteiger partial charge in [0.25, 0.3) is 0 Å². The molecule has 0 aromatic carbocycles. The summed E-state index contributed by atoms with van der Waals surface area (Å²) in [6.45, 7) is 10.3. The van der Waals surface area contributed by atoms with E-state index in [1.165, 1.54) is 0 Å². The van der Waals surface area contributed by atoms with Gasteiger partial charge >= 0.3 is 8.56 Å². The molecule has 5 heteroatoms. The van der Waals surface area contributed by atoms with E-state index < -0.39 is 8.56 Å². The Labute approximate surface area is 135 Å². The first-order valence-corrected chi connectivity index (χ1v) is 11.3. The van der Waals surface area contributed by atoms with Crippen molar-refractivity contribution in [1.82, 2.24) is 0 Å². The van der Waals surface area contributed by atoms with Gasteiger partial charge in [0.05, 0.1) is 0 Å². The van der Waals surface area contributed by atoms with Gasteiger partial charge in [-0.25, -0.2) is 0 Å². The zero-order chi connectivity index (χ0) is 16.0. The van der Waals surface area contributed by atoms with Crippen LogP contribution < -0.4 is 0 Å². The second kappa shape index (κ2) is 8.51. The average molecular weight is 331 g/mol. The standard InChI is InChI=1S/C16H30O3SSi/c1-12(2)14-10-15(17)13(3)16(11-14)20-8-7-9-21(6,18-4)19-5/h13-14,16H,1,7-11H2,2-6H3. The summed E-state index contributed by atoms with van der Waals surface area (Å²) < 4.78 is 11.0. The number of thioether (sulfide) groups is 1. The zero-order valence-corrected chi connectivity index (χ0v) is 15.9. The molecule has 21 heavy (non-hydrogen) atoms. The third-order valence-corrected chi connectivity index (χ3v) is 9.24. The molecule has 1 saturated carbocycles. The Morgan fingerprint density at radius 2 is 2.05 bits per heavy atom. The Balaban J connectivity index is 2.42. The molecule has 3 nitrogen and oxygen atoms in total. The van der Waals surface area contributed by atoms with Crippen molar-refractivity contribution in [3.63, 3.8) is 0 Å². The summed E-state index contributed by atoms with van der Waals surface area (Å²) in [7, 11) is 1.54. The fourth-order valence-electron chi connectivity index (χ4n) is 2.71. The van der Waals surface area contributed by atoms with Crippen LogP contribution in [0.15, 0.2) is 12.2 Å². The van der Waals surface area contributed by atoms with Gasteiger partial charge in [-0.3, -0.25) is 4.79 Å². The van der Waals surface area contributed by atoms with E-state index in [1.807, 2.05) is 18.7 Å². The van der Waals surface area contributed by atoms with E-state index in [0.29, 0.717) is 23.4 Å². The van der Waals surface area contributed by atoms with Crippen molar-refractivity contribution >= 4 is 26.1 Å². The quantitative estimate of drug-likeness (QED) is 0.382. The van der Waals surface area contributed by atoms with E-state index in [9.17, 15) is 4.79 Å². The lowest BCUT2D eigenvalue weighted by molar-refractivity contribution is -0.124. The third kappa shape index (κ3) is 5.55. The minimum Gasteiger partial charge on any atom is -0.398 e. The van der Waals surface area contributed by atoms with E-state index in [0.717, 1.165) is 30.2 Å². The molecule has 0 N–H and O–H groups in total. The van der Waals surface area contributed by atoms with Gasteiger partial charge in [0.15, 0.2) is 0 Å². The molecule has 0 aromatic rings. The Morgan fingerprint density at radius 3 is 2.57 bits per heavy atom. The first-order chi connectivity index (χ1) is 9.83. The summed E-state index contributed by atoms with van der Waals surface area (Å²) in [6.07, 6.45) is 2.87. The molecule has 0 radical (unpaired) electrons. The monoisotopic (exact) mass is 330 g/mol. The van der Waals surface area contributed by atoms with Crippen LogP contribution in [0.4, 0.5) is 0 Å². The number of rotatable bonds is 8. The van der Waals surface area contributed by atoms with Crippen LogP contribution in [0.1, 0.15) is 33.1 Å². The van der Waals surface area contributed by atoms with Crippen molar-refractivity contribution in [3.8, 4) is 0 Å². The largest absolute Gasteiger partial charge is 0.398 e.